The van der Waals surface area contributed by atoms with Gasteiger partial charge in [-0.2, -0.15) is 0 Å². The molecule has 3 unspecified atom stereocenters. The summed E-state index contributed by atoms with van der Waals surface area (Å²) in [5, 5.41) is 8.83. The Bertz CT molecular complexity index is 570. The van der Waals surface area contributed by atoms with Gasteiger partial charge in [-0.25, -0.2) is 4.79 Å². The number of rotatable bonds is 3. The normalized spacial score (nSPS) is 25.6. The number of amides is 1. The van der Waals surface area contributed by atoms with Gasteiger partial charge in [0.05, 0.1) is 17.2 Å². The van der Waals surface area contributed by atoms with E-state index < -0.39 is 16.8 Å². The first-order valence-corrected chi connectivity index (χ1v) is 8.27. The Balaban J connectivity index is 2.04. The number of aromatic carboxylic acids is 1. The predicted octanol–water partition coefficient (Wildman–Crippen LogP) is 1.30. The van der Waals surface area contributed by atoms with E-state index in [-0.39, 0.29) is 29.2 Å². The Kier molecular flexibility index (Phi) is 4.77. The summed E-state index contributed by atoms with van der Waals surface area (Å²) in [6, 6.07) is 6.30. The second-order valence-electron chi connectivity index (χ2n) is 5.30. The number of carboxylic acid groups (broad SMARTS) is 1. The Morgan fingerprint density at radius 2 is 1.90 bits per heavy atom. The highest BCUT2D eigenvalue weighted by atomic mass is 32.2. The summed E-state index contributed by atoms with van der Waals surface area (Å²) in [6.07, 6.45) is 0.240. The quantitative estimate of drug-likeness (QED) is 0.913. The van der Waals surface area contributed by atoms with Crippen LogP contribution in [0.15, 0.2) is 24.3 Å². The van der Waals surface area contributed by atoms with E-state index in [1.165, 1.54) is 12.1 Å². The first kappa shape index (κ1) is 15.7. The fourth-order valence-electron chi connectivity index (χ4n) is 2.44. The van der Waals surface area contributed by atoms with Crippen molar-refractivity contribution in [3.63, 3.8) is 0 Å². The molecule has 114 valence electrons. The van der Waals surface area contributed by atoms with Crippen LogP contribution in [0, 0.1) is 0 Å². The molecule has 1 fully saturated rings. The average Bonchev–Trinajstić information content (AvgIpc) is 2.45. The van der Waals surface area contributed by atoms with Crippen molar-refractivity contribution in [2.75, 3.05) is 12.3 Å². The minimum absolute atomic E-state index is 0.00544. The van der Waals surface area contributed by atoms with E-state index in [1.807, 2.05) is 13.8 Å². The van der Waals surface area contributed by atoms with Gasteiger partial charge < -0.3 is 10.0 Å². The third-order valence-corrected chi connectivity index (χ3v) is 5.80. The number of hydrogen-bond acceptors (Lipinski definition) is 3. The zero-order valence-corrected chi connectivity index (χ0v) is 12.9. The lowest BCUT2D eigenvalue weighted by molar-refractivity contribution is -0.132. The monoisotopic (exact) mass is 309 g/mol. The molecule has 5 nitrogen and oxygen atoms in total. The summed E-state index contributed by atoms with van der Waals surface area (Å²) in [4.78, 5) is 24.9. The second kappa shape index (κ2) is 6.39. The van der Waals surface area contributed by atoms with Crippen molar-refractivity contribution in [2.24, 2.45) is 0 Å². The highest BCUT2D eigenvalue weighted by Gasteiger charge is 2.32. The first-order valence-electron chi connectivity index (χ1n) is 6.89. The lowest BCUT2D eigenvalue weighted by Crippen LogP contribution is -2.52. The highest BCUT2D eigenvalue weighted by Crippen LogP contribution is 2.18. The van der Waals surface area contributed by atoms with Crippen LogP contribution in [0.1, 0.15) is 29.8 Å². The van der Waals surface area contributed by atoms with E-state index >= 15 is 0 Å². The van der Waals surface area contributed by atoms with Crippen LogP contribution in [0.5, 0.6) is 0 Å². The molecule has 6 heteroatoms. The van der Waals surface area contributed by atoms with Crippen LogP contribution in [0.2, 0.25) is 0 Å². The number of carbonyl (C=O) groups excluding carboxylic acids is 1. The molecule has 1 N–H and O–H groups in total. The Morgan fingerprint density at radius 3 is 2.48 bits per heavy atom. The molecular weight excluding hydrogens is 290 g/mol. The van der Waals surface area contributed by atoms with Crippen LogP contribution in [-0.4, -0.2) is 49.7 Å². The predicted molar refractivity (Wildman–Crippen MR) is 80.8 cm³/mol. The van der Waals surface area contributed by atoms with Crippen molar-refractivity contribution in [2.45, 2.75) is 31.6 Å². The van der Waals surface area contributed by atoms with Gasteiger partial charge in [-0.1, -0.05) is 12.1 Å². The molecule has 0 saturated carbocycles. The van der Waals surface area contributed by atoms with Gasteiger partial charge in [-0.3, -0.25) is 9.00 Å². The molecule has 0 bridgehead atoms. The van der Waals surface area contributed by atoms with Crippen molar-refractivity contribution < 1.29 is 18.9 Å². The van der Waals surface area contributed by atoms with Gasteiger partial charge in [-0.05, 0) is 31.5 Å². The SMILES string of the molecule is CC1C(C)S(=O)CCN1C(=O)Cc1ccc(C(=O)O)cc1. The molecule has 1 saturated heterocycles. The molecule has 1 heterocycles. The minimum atomic E-state index is -0.978. The van der Waals surface area contributed by atoms with Gasteiger partial charge in [0.25, 0.3) is 0 Å². The highest BCUT2D eigenvalue weighted by molar-refractivity contribution is 7.85. The van der Waals surface area contributed by atoms with Crippen LogP contribution in [0.4, 0.5) is 0 Å². The zero-order valence-electron chi connectivity index (χ0n) is 12.1. The lowest BCUT2D eigenvalue weighted by Gasteiger charge is -2.37. The molecule has 0 aromatic heterocycles. The molecule has 21 heavy (non-hydrogen) atoms. The van der Waals surface area contributed by atoms with Crippen molar-refractivity contribution in [3.05, 3.63) is 35.4 Å². The molecule has 3 atom stereocenters. The molecule has 1 amide bonds. The van der Waals surface area contributed by atoms with Crippen LogP contribution in [-0.2, 0) is 22.0 Å². The van der Waals surface area contributed by atoms with E-state index in [9.17, 15) is 13.8 Å². The maximum Gasteiger partial charge on any atom is 0.335 e. The number of nitrogens with zero attached hydrogens (tertiary/aromatic N) is 1. The number of hydrogen-bond donors (Lipinski definition) is 1. The van der Waals surface area contributed by atoms with Crippen molar-refractivity contribution in [1.29, 1.82) is 0 Å². The van der Waals surface area contributed by atoms with Gasteiger partial charge in [0.1, 0.15) is 0 Å². The van der Waals surface area contributed by atoms with Crippen molar-refractivity contribution in [1.82, 2.24) is 4.90 Å². The summed E-state index contributed by atoms with van der Waals surface area (Å²) in [5.41, 5.74) is 0.998. The largest absolute Gasteiger partial charge is 0.478 e. The molecule has 1 aromatic rings. The summed E-state index contributed by atoms with van der Waals surface area (Å²) < 4.78 is 11.7. The number of benzene rings is 1. The van der Waals surface area contributed by atoms with Gasteiger partial charge in [0.15, 0.2) is 0 Å². The van der Waals surface area contributed by atoms with Crippen LogP contribution in [0.25, 0.3) is 0 Å². The van der Waals surface area contributed by atoms with Crippen LogP contribution >= 0.6 is 0 Å². The van der Waals surface area contributed by atoms with E-state index in [1.54, 1.807) is 17.0 Å². The third kappa shape index (κ3) is 3.50. The van der Waals surface area contributed by atoms with E-state index in [2.05, 4.69) is 0 Å². The van der Waals surface area contributed by atoms with Gasteiger partial charge in [-0.15, -0.1) is 0 Å². The Labute approximate surface area is 126 Å². The third-order valence-electron chi connectivity index (χ3n) is 4.00. The van der Waals surface area contributed by atoms with Gasteiger partial charge in [0.2, 0.25) is 5.91 Å². The van der Waals surface area contributed by atoms with Crippen LogP contribution < -0.4 is 0 Å². The van der Waals surface area contributed by atoms with Crippen LogP contribution in [0.3, 0.4) is 0 Å². The summed E-state index contributed by atoms with van der Waals surface area (Å²) in [6.45, 7) is 4.35. The smallest absolute Gasteiger partial charge is 0.335 e. The maximum atomic E-state index is 12.4. The molecule has 0 radical (unpaired) electrons. The summed E-state index contributed by atoms with van der Waals surface area (Å²) in [5.74, 6) is -0.460. The molecule has 2 rings (SSSR count). The second-order valence-corrected chi connectivity index (χ2v) is 7.21. The molecule has 0 aliphatic carbocycles. The topological polar surface area (TPSA) is 74.7 Å². The van der Waals surface area contributed by atoms with E-state index in [0.717, 1.165) is 5.56 Å². The fraction of sp³-hybridized carbons (Fsp3) is 0.467. The summed E-state index contributed by atoms with van der Waals surface area (Å²) in [7, 11) is -0.866. The summed E-state index contributed by atoms with van der Waals surface area (Å²) >= 11 is 0. The Hall–Kier alpha value is -1.69. The fourth-order valence-corrected chi connectivity index (χ4v) is 3.78. The Morgan fingerprint density at radius 1 is 1.29 bits per heavy atom. The number of carboxylic acids is 1. The average molecular weight is 309 g/mol. The van der Waals surface area contributed by atoms with Gasteiger partial charge in [0, 0.05) is 29.1 Å². The van der Waals surface area contributed by atoms with Gasteiger partial charge >= 0.3 is 5.97 Å². The lowest BCUT2D eigenvalue weighted by atomic mass is 10.1. The number of carbonyl (C=O) groups is 2. The standard InChI is InChI=1S/C15H19NO4S/c1-10-11(2)21(20)8-7-16(10)14(17)9-12-3-5-13(6-4-12)15(18)19/h3-6,10-11H,7-9H2,1-2H3,(H,18,19). The molecule has 1 aliphatic rings. The van der Waals surface area contributed by atoms with Crippen molar-refractivity contribution in [3.8, 4) is 0 Å². The van der Waals surface area contributed by atoms with E-state index in [0.29, 0.717) is 12.3 Å². The molecule has 0 spiro atoms. The molecule has 1 aliphatic heterocycles. The molecular formula is C15H19NO4S. The first-order chi connectivity index (χ1) is 9.90. The van der Waals surface area contributed by atoms with Crippen molar-refractivity contribution >= 4 is 22.7 Å². The minimum Gasteiger partial charge on any atom is -0.478 e. The van der Waals surface area contributed by atoms with E-state index in [4.69, 9.17) is 5.11 Å². The zero-order chi connectivity index (χ0) is 15.6. The molecule has 1 aromatic carbocycles. The maximum absolute atomic E-state index is 12.4.